The first kappa shape index (κ1) is 9.26. The van der Waals surface area contributed by atoms with E-state index in [1.807, 2.05) is 18.2 Å². The minimum atomic E-state index is -0.0799. The molecule has 0 saturated carbocycles. The Kier molecular flexibility index (Phi) is 2.33. The third-order valence-corrected chi connectivity index (χ3v) is 2.43. The molecule has 1 aromatic rings. The second-order valence-electron chi connectivity index (χ2n) is 2.74. The molecule has 1 amide bonds. The maximum Gasteiger partial charge on any atom is 0.0823 e. The van der Waals surface area contributed by atoms with Gasteiger partial charge in [-0.25, -0.2) is 0 Å². The van der Waals surface area contributed by atoms with E-state index in [9.17, 15) is 4.79 Å². The van der Waals surface area contributed by atoms with E-state index in [-0.39, 0.29) is 5.91 Å². The molecule has 77 valence electrons. The molecule has 1 aromatic carbocycles. The van der Waals surface area contributed by atoms with Crippen LogP contribution >= 0.6 is 15.9 Å². The summed E-state index contributed by atoms with van der Waals surface area (Å²) in [4.78, 5) is 11.2. The van der Waals surface area contributed by atoms with Gasteiger partial charge in [-0.1, -0.05) is 22.0 Å². The van der Waals surface area contributed by atoms with Crippen LogP contribution in [-0.4, -0.2) is 12.5 Å². The molecule has 1 radical (unpaired) electrons. The van der Waals surface area contributed by atoms with Crippen molar-refractivity contribution in [2.24, 2.45) is 0 Å². The number of carbonyl (C=O) groups is 1. The van der Waals surface area contributed by atoms with Gasteiger partial charge in [0.15, 0.2) is 0 Å². The first-order valence-electron chi connectivity index (χ1n) is 3.77. The van der Waals surface area contributed by atoms with Crippen molar-refractivity contribution < 1.29 is 4.79 Å². The fraction of sp³-hybridized carbons (Fsp3) is 0.222. The van der Waals surface area contributed by atoms with Gasteiger partial charge in [0.1, 0.15) is 0 Å². The molecule has 2 nitrogen and oxygen atoms in total. The van der Waals surface area contributed by atoms with Gasteiger partial charge in [-0.3, -0.25) is 0 Å². The zero-order valence-corrected chi connectivity index (χ0v) is 10.4. The Hall–Kier alpha value is -1.83. The fourth-order valence-corrected chi connectivity index (χ4v) is 1.75. The third-order valence-electron chi connectivity index (χ3n) is 1.93. The van der Waals surface area contributed by atoms with Crippen LogP contribution in [0.4, 0.5) is 0 Å². The molecule has 0 unspecified atom stereocenters. The van der Waals surface area contributed by atoms with Crippen molar-refractivity contribution in [3.63, 3.8) is 0 Å². The molecule has 0 saturated heterocycles. The molecule has 1 aliphatic rings. The van der Waals surface area contributed by atoms with Crippen LogP contribution < -0.4 is 0 Å². The van der Waals surface area contributed by atoms with E-state index >= 15 is 0 Å². The Morgan fingerprint density at radius 1 is 1.38 bits per heavy atom. The zero-order chi connectivity index (χ0) is 8.55. The van der Waals surface area contributed by atoms with Crippen LogP contribution in [-0.2, 0) is 6.42 Å². The topological polar surface area (TPSA) is 31.2 Å². The molecule has 0 bridgehead atoms. The molecule has 2 rings (SSSR count). The molecule has 0 fully saturated rings. The van der Waals surface area contributed by atoms with E-state index in [1.54, 1.807) is 0 Å². The summed E-state index contributed by atoms with van der Waals surface area (Å²) in [6.07, 6.45) is 0.876. The van der Waals surface area contributed by atoms with E-state index in [0.29, 0.717) is 6.54 Å². The standard InChI is InChI=1S/C9H8BrNO.Lr/c10-7-1-2-8-6(5-7)3-4-11-9(8)12;/h1-2,5H,3-4H2,(H,11,12);/p-1. The van der Waals surface area contributed by atoms with Crippen LogP contribution in [0.2, 0.25) is 0 Å². The maximum atomic E-state index is 11.2. The van der Waals surface area contributed by atoms with Crippen LogP contribution in [0.15, 0.2) is 22.7 Å². The second-order valence-corrected chi connectivity index (χ2v) is 3.65. The number of nitrogens with zero attached hydrogens (tertiary/aromatic N) is 1. The quantitative estimate of drug-likeness (QED) is 0.554. The maximum absolute atomic E-state index is 11.2. The number of benzene rings is 1. The Bertz CT molecular complexity index is 340. The number of amides is 1. The van der Waals surface area contributed by atoms with E-state index in [0.717, 1.165) is 22.0 Å². The van der Waals surface area contributed by atoms with Crippen LogP contribution in [0.1, 0.15) is 15.9 Å². The second kappa shape index (κ2) is 3.27. The minimum absolute atomic E-state index is 0. The number of rotatable bonds is 0. The Morgan fingerprint density at radius 2 is 2.15 bits per heavy atom. The summed E-state index contributed by atoms with van der Waals surface area (Å²) in [5.74, 6) is -0.0799. The van der Waals surface area contributed by atoms with Gasteiger partial charge in [0, 0.05) is 10.0 Å². The molecule has 0 aromatic heterocycles. The third kappa shape index (κ3) is 1.51. The van der Waals surface area contributed by atoms with Gasteiger partial charge in [-0.05, 0) is 24.1 Å². The molecule has 13 heavy (non-hydrogen) atoms. The van der Waals surface area contributed by atoms with Gasteiger partial charge in [0.25, 0.3) is 0 Å². The molecule has 1 aliphatic heterocycles. The molecule has 0 N–H and O–H groups in total. The normalized spacial score (nSPS) is 14.1. The van der Waals surface area contributed by atoms with Crippen LogP contribution in [0.5, 0.6) is 0 Å². The summed E-state index contributed by atoms with van der Waals surface area (Å²) in [7, 11) is 0. The summed E-state index contributed by atoms with van der Waals surface area (Å²) >= 11 is 3.37. The Morgan fingerprint density at radius 3 is 2.92 bits per heavy atom. The van der Waals surface area contributed by atoms with Crippen molar-refractivity contribution in [3.8, 4) is 0 Å². The molecule has 0 atom stereocenters. The number of hydrogen-bond donors (Lipinski definition) is 0. The smallest absolute Gasteiger partial charge is 0.0823 e. The predicted molar refractivity (Wildman–Crippen MR) is 50.4 cm³/mol. The average molecular weight is 487 g/mol. The van der Waals surface area contributed by atoms with E-state index in [1.165, 1.54) is 0 Å². The first-order valence-corrected chi connectivity index (χ1v) is 4.57. The van der Waals surface area contributed by atoms with Crippen molar-refractivity contribution in [2.75, 3.05) is 6.54 Å². The average Bonchev–Trinajstić information content (AvgIpc) is 2.04. The first-order chi connectivity index (χ1) is 5.77. The number of hydrogen-bond acceptors (Lipinski definition) is 1. The van der Waals surface area contributed by atoms with Gasteiger partial charge in [0.05, 0.1) is 5.91 Å². The van der Waals surface area contributed by atoms with Gasteiger partial charge in [-0.2, -0.15) is 0 Å². The predicted octanol–water partition coefficient (Wildman–Crippen LogP) is 2.52. The Balaban J connectivity index is 0.000000845. The van der Waals surface area contributed by atoms with Crippen LogP contribution in [0.3, 0.4) is 0 Å². The van der Waals surface area contributed by atoms with Crippen LogP contribution in [0.25, 0.3) is 5.32 Å². The fourth-order valence-electron chi connectivity index (χ4n) is 1.34. The summed E-state index contributed by atoms with van der Waals surface area (Å²) in [5, 5.41) is 3.85. The van der Waals surface area contributed by atoms with Gasteiger partial charge >= 0.3 is 0 Å². The van der Waals surface area contributed by atoms with Crippen molar-refractivity contribution in [2.45, 2.75) is 6.42 Å². The summed E-state index contributed by atoms with van der Waals surface area (Å²) in [6, 6.07) is 5.68. The van der Waals surface area contributed by atoms with Crippen molar-refractivity contribution in [1.29, 1.82) is 0 Å². The van der Waals surface area contributed by atoms with Gasteiger partial charge in [0.2, 0.25) is 0 Å². The van der Waals surface area contributed by atoms with Crippen molar-refractivity contribution in [1.82, 2.24) is 0 Å². The summed E-state index contributed by atoms with van der Waals surface area (Å²) < 4.78 is 1.02. The molecule has 1 heterocycles. The molecule has 4 heteroatoms. The minimum Gasteiger partial charge on any atom is -0.649 e. The van der Waals surface area contributed by atoms with E-state index in [4.69, 9.17) is 0 Å². The van der Waals surface area contributed by atoms with Crippen LogP contribution in [0, 0.1) is 0 Å². The summed E-state index contributed by atoms with van der Waals surface area (Å²) in [6.45, 7) is 0.627. The number of carbonyl (C=O) groups excluding carboxylic acids is 1. The zero-order valence-electron chi connectivity index (χ0n) is 6.64. The SMILES string of the molecule is O=C1[N-]CCc2cc(Br)ccc21.[Lr]. The monoisotopic (exact) mass is 486 g/mol. The van der Waals surface area contributed by atoms with Crippen molar-refractivity contribution >= 4 is 21.8 Å². The molecule has 0 aliphatic carbocycles. The van der Waals surface area contributed by atoms with Crippen molar-refractivity contribution in [3.05, 3.63) is 39.1 Å². The number of fused-ring (bicyclic) bond motifs is 1. The van der Waals surface area contributed by atoms with E-state index in [2.05, 4.69) is 21.2 Å². The summed E-state index contributed by atoms with van der Waals surface area (Å²) in [5.41, 5.74) is 1.86. The van der Waals surface area contributed by atoms with E-state index < -0.39 is 0 Å². The largest absolute Gasteiger partial charge is 0.649 e. The molecule has 0 spiro atoms. The van der Waals surface area contributed by atoms with Gasteiger partial charge in [-0.15, -0.1) is 6.54 Å². The van der Waals surface area contributed by atoms with Gasteiger partial charge < -0.3 is 10.1 Å². The Labute approximate surface area is 79.1 Å². The number of halogens is 1. The molecular formula is C9H7BrLrNO-. The molecular weight excluding hydrogens is 480 g/mol.